The van der Waals surface area contributed by atoms with Crippen molar-refractivity contribution >= 4 is 17.2 Å². The second kappa shape index (κ2) is 7.02. The fourth-order valence-electron chi connectivity index (χ4n) is 1.86. The van der Waals surface area contributed by atoms with Gasteiger partial charge in [-0.2, -0.15) is 0 Å². The Kier molecular flexibility index (Phi) is 5.09. The molecule has 0 saturated carbocycles. The van der Waals surface area contributed by atoms with Crippen molar-refractivity contribution in [2.75, 3.05) is 6.54 Å². The van der Waals surface area contributed by atoms with Gasteiger partial charge in [0.25, 0.3) is 5.91 Å². The molecule has 108 valence electrons. The summed E-state index contributed by atoms with van der Waals surface area (Å²) in [6.07, 6.45) is 0. The van der Waals surface area contributed by atoms with E-state index in [1.807, 2.05) is 26.0 Å². The molecule has 0 aliphatic heterocycles. The molecule has 5 heteroatoms. The van der Waals surface area contributed by atoms with Crippen molar-refractivity contribution in [2.45, 2.75) is 20.4 Å². The van der Waals surface area contributed by atoms with E-state index < -0.39 is 0 Å². The van der Waals surface area contributed by atoms with E-state index in [1.165, 1.54) is 11.3 Å². The van der Waals surface area contributed by atoms with Crippen molar-refractivity contribution in [3.8, 4) is 11.8 Å². The number of nitrogens with two attached hydrogens (primary N) is 1. The highest BCUT2D eigenvalue weighted by Crippen LogP contribution is 2.14. The number of nitrogens with zero attached hydrogens (tertiary/aromatic N) is 1. The molecule has 0 bridgehead atoms. The first-order chi connectivity index (χ1) is 10.1. The number of benzene rings is 1. The lowest BCUT2D eigenvalue weighted by atomic mass is 10.0. The molecule has 2 aromatic rings. The van der Waals surface area contributed by atoms with E-state index in [-0.39, 0.29) is 12.5 Å². The molecule has 2 rings (SSSR count). The van der Waals surface area contributed by atoms with Gasteiger partial charge in [-0.3, -0.25) is 4.79 Å². The Morgan fingerprint density at radius 1 is 1.43 bits per heavy atom. The molecule has 1 aromatic heterocycles. The van der Waals surface area contributed by atoms with Crippen LogP contribution in [-0.2, 0) is 6.54 Å². The molecule has 0 atom stereocenters. The lowest BCUT2D eigenvalue weighted by Gasteiger charge is -2.07. The Morgan fingerprint density at radius 3 is 2.90 bits per heavy atom. The largest absolute Gasteiger partial charge is 0.347 e. The average molecular weight is 299 g/mol. The van der Waals surface area contributed by atoms with Crippen LogP contribution in [0.4, 0.5) is 0 Å². The number of amides is 1. The predicted molar refractivity (Wildman–Crippen MR) is 85.1 cm³/mol. The number of carbonyl (C=O) groups excluding carboxylic acids is 1. The second-order valence-corrected chi connectivity index (χ2v) is 5.54. The summed E-state index contributed by atoms with van der Waals surface area (Å²) in [5, 5.41) is 2.91. The number of nitrogens with one attached hydrogen (secondary N) is 1. The average Bonchev–Trinajstić information content (AvgIpc) is 2.88. The van der Waals surface area contributed by atoms with E-state index in [0.29, 0.717) is 17.7 Å². The first-order valence-corrected chi connectivity index (χ1v) is 7.46. The zero-order valence-electron chi connectivity index (χ0n) is 12.1. The summed E-state index contributed by atoms with van der Waals surface area (Å²) in [6, 6.07) is 5.60. The van der Waals surface area contributed by atoms with Crippen molar-refractivity contribution in [2.24, 2.45) is 5.73 Å². The van der Waals surface area contributed by atoms with E-state index in [4.69, 9.17) is 5.73 Å². The van der Waals surface area contributed by atoms with Gasteiger partial charge in [0.2, 0.25) is 0 Å². The fraction of sp³-hybridized carbons (Fsp3) is 0.250. The monoisotopic (exact) mass is 299 g/mol. The zero-order valence-corrected chi connectivity index (χ0v) is 12.9. The van der Waals surface area contributed by atoms with E-state index >= 15 is 0 Å². The number of thiazole rings is 1. The van der Waals surface area contributed by atoms with Gasteiger partial charge in [0.15, 0.2) is 0 Å². The number of aryl methyl sites for hydroxylation is 2. The summed E-state index contributed by atoms with van der Waals surface area (Å²) >= 11 is 1.54. The highest BCUT2D eigenvalue weighted by Gasteiger charge is 2.11. The number of hydrogen-bond acceptors (Lipinski definition) is 4. The minimum absolute atomic E-state index is 0.135. The third kappa shape index (κ3) is 3.91. The van der Waals surface area contributed by atoms with Crippen LogP contribution < -0.4 is 11.1 Å². The fourth-order valence-corrected chi connectivity index (χ4v) is 2.57. The van der Waals surface area contributed by atoms with Crippen LogP contribution in [0.25, 0.3) is 0 Å². The minimum atomic E-state index is -0.135. The van der Waals surface area contributed by atoms with Crippen molar-refractivity contribution in [1.82, 2.24) is 10.3 Å². The summed E-state index contributed by atoms with van der Waals surface area (Å²) in [6.45, 7) is 4.65. The minimum Gasteiger partial charge on any atom is -0.347 e. The molecule has 4 nitrogen and oxygen atoms in total. The molecule has 0 unspecified atom stereocenters. The molecule has 21 heavy (non-hydrogen) atoms. The van der Waals surface area contributed by atoms with Gasteiger partial charge in [-0.1, -0.05) is 17.9 Å². The van der Waals surface area contributed by atoms with Crippen LogP contribution >= 0.6 is 11.3 Å². The van der Waals surface area contributed by atoms with Crippen LogP contribution in [0, 0.1) is 25.7 Å². The van der Waals surface area contributed by atoms with Gasteiger partial charge in [0, 0.05) is 10.4 Å². The predicted octanol–water partition coefficient (Wildman–Crippen LogP) is 2.00. The molecule has 1 amide bonds. The van der Waals surface area contributed by atoms with Crippen molar-refractivity contribution < 1.29 is 4.79 Å². The van der Waals surface area contributed by atoms with Gasteiger partial charge in [0.05, 0.1) is 29.9 Å². The number of hydrogen-bond donors (Lipinski definition) is 2. The maximum absolute atomic E-state index is 12.3. The Morgan fingerprint density at radius 2 is 2.24 bits per heavy atom. The van der Waals surface area contributed by atoms with E-state index in [1.54, 1.807) is 11.6 Å². The summed E-state index contributed by atoms with van der Waals surface area (Å²) in [5.74, 6) is 5.61. The van der Waals surface area contributed by atoms with Gasteiger partial charge in [-0.25, -0.2) is 4.98 Å². The highest BCUT2D eigenvalue weighted by atomic mass is 32.1. The lowest BCUT2D eigenvalue weighted by Crippen LogP contribution is -2.23. The normalized spacial score (nSPS) is 9.86. The van der Waals surface area contributed by atoms with Crippen LogP contribution in [0.15, 0.2) is 23.7 Å². The molecule has 0 aliphatic carbocycles. The molecule has 1 aromatic carbocycles. The van der Waals surface area contributed by atoms with Crippen LogP contribution in [0.3, 0.4) is 0 Å². The molecule has 0 aliphatic rings. The van der Waals surface area contributed by atoms with Crippen LogP contribution in [0.2, 0.25) is 0 Å². The number of aromatic nitrogens is 1. The topological polar surface area (TPSA) is 68.0 Å². The Bertz CT molecular complexity index is 710. The van der Waals surface area contributed by atoms with Crippen molar-refractivity contribution in [3.63, 3.8) is 0 Å². The summed E-state index contributed by atoms with van der Waals surface area (Å²) < 4.78 is 0. The first kappa shape index (κ1) is 15.2. The van der Waals surface area contributed by atoms with Crippen LogP contribution in [0.1, 0.15) is 32.1 Å². The lowest BCUT2D eigenvalue weighted by molar-refractivity contribution is 0.0951. The van der Waals surface area contributed by atoms with Gasteiger partial charge < -0.3 is 11.1 Å². The third-order valence-electron chi connectivity index (χ3n) is 3.00. The molecular formula is C16H17N3OS. The standard InChI is InChI=1S/C16H17N3OS/c1-11-5-6-14(13(8-11)4-3-7-17)16(20)18-9-15-12(2)19-10-21-15/h5-6,8,10H,7,9,17H2,1-2H3,(H,18,20). The maximum Gasteiger partial charge on any atom is 0.252 e. The second-order valence-electron chi connectivity index (χ2n) is 4.60. The molecule has 0 spiro atoms. The summed E-state index contributed by atoms with van der Waals surface area (Å²) in [4.78, 5) is 17.5. The Labute approximate surface area is 128 Å². The van der Waals surface area contributed by atoms with Crippen LogP contribution in [0.5, 0.6) is 0 Å². The molecular weight excluding hydrogens is 282 g/mol. The van der Waals surface area contributed by atoms with E-state index in [2.05, 4.69) is 22.1 Å². The first-order valence-electron chi connectivity index (χ1n) is 6.58. The summed E-state index contributed by atoms with van der Waals surface area (Å²) in [7, 11) is 0. The zero-order chi connectivity index (χ0) is 15.2. The Hall–Kier alpha value is -2.16. The third-order valence-corrected chi connectivity index (χ3v) is 3.93. The smallest absolute Gasteiger partial charge is 0.252 e. The molecule has 3 N–H and O–H groups in total. The van der Waals surface area contributed by atoms with Gasteiger partial charge in [0.1, 0.15) is 0 Å². The number of rotatable bonds is 3. The SMILES string of the molecule is Cc1ccc(C(=O)NCc2scnc2C)c(C#CCN)c1. The maximum atomic E-state index is 12.3. The van der Waals surface area contributed by atoms with Gasteiger partial charge >= 0.3 is 0 Å². The van der Waals surface area contributed by atoms with Crippen molar-refractivity contribution in [3.05, 3.63) is 51.0 Å². The quantitative estimate of drug-likeness (QED) is 0.852. The van der Waals surface area contributed by atoms with Gasteiger partial charge in [-0.15, -0.1) is 11.3 Å². The highest BCUT2D eigenvalue weighted by molar-refractivity contribution is 7.09. The summed E-state index contributed by atoms with van der Waals surface area (Å²) in [5.41, 5.74) is 10.5. The molecule has 1 heterocycles. The van der Waals surface area contributed by atoms with E-state index in [0.717, 1.165) is 16.1 Å². The molecule has 0 radical (unpaired) electrons. The van der Waals surface area contributed by atoms with Gasteiger partial charge in [-0.05, 0) is 31.5 Å². The Balaban J connectivity index is 2.17. The molecule has 0 saturated heterocycles. The van der Waals surface area contributed by atoms with E-state index in [9.17, 15) is 4.79 Å². The molecule has 0 fully saturated rings. The van der Waals surface area contributed by atoms with Crippen LogP contribution in [-0.4, -0.2) is 17.4 Å². The number of carbonyl (C=O) groups is 1. The van der Waals surface area contributed by atoms with Crippen molar-refractivity contribution in [1.29, 1.82) is 0 Å².